The Bertz CT molecular complexity index is 1230. The molecule has 9 nitrogen and oxygen atoms in total. The molecular weight excluding hydrogens is 390 g/mol. The largest absolute Gasteiger partial charge is 0.333 e. The van der Waals surface area contributed by atoms with Crippen LogP contribution in [0.1, 0.15) is 41.7 Å². The van der Waals surface area contributed by atoms with Gasteiger partial charge in [0, 0.05) is 38.2 Å². The summed E-state index contributed by atoms with van der Waals surface area (Å²) in [7, 11) is 2.18. The van der Waals surface area contributed by atoms with Gasteiger partial charge in [-0.15, -0.1) is 10.2 Å². The van der Waals surface area contributed by atoms with Crippen LogP contribution in [-0.4, -0.2) is 52.6 Å². The normalized spacial score (nSPS) is 18.4. The van der Waals surface area contributed by atoms with Gasteiger partial charge < -0.3 is 9.47 Å². The number of hydrogen-bond donors (Lipinski definition) is 0. The highest BCUT2D eigenvalue weighted by Gasteiger charge is 2.26. The molecule has 0 amide bonds. The summed E-state index contributed by atoms with van der Waals surface area (Å²) < 4.78 is 4.20. The van der Waals surface area contributed by atoms with E-state index in [1.54, 1.807) is 6.33 Å². The van der Waals surface area contributed by atoms with Crippen LogP contribution in [0.4, 0.5) is 5.95 Å². The predicted octanol–water partition coefficient (Wildman–Crippen LogP) is 2.25. The number of rotatable bonds is 4. The average Bonchev–Trinajstić information content (AvgIpc) is 3.44. The molecule has 0 saturated heterocycles. The fraction of sp³-hybridized carbons (Fsp3) is 0.409. The molecule has 0 spiro atoms. The van der Waals surface area contributed by atoms with Crippen molar-refractivity contribution in [2.75, 3.05) is 18.5 Å². The first-order chi connectivity index (χ1) is 15.3. The Hall–Kier alpha value is -3.33. The van der Waals surface area contributed by atoms with E-state index < -0.39 is 0 Å². The summed E-state index contributed by atoms with van der Waals surface area (Å²) in [6, 6.07) is 6.56. The fourth-order valence-electron chi connectivity index (χ4n) is 4.88. The van der Waals surface area contributed by atoms with Gasteiger partial charge in [0.05, 0.1) is 24.0 Å². The summed E-state index contributed by atoms with van der Waals surface area (Å²) in [6.45, 7) is 3.20. The number of hydrogen-bond acceptors (Lipinski definition) is 7. The van der Waals surface area contributed by atoms with Gasteiger partial charge in [0.1, 0.15) is 12.0 Å². The maximum atomic E-state index is 4.89. The van der Waals surface area contributed by atoms with E-state index in [0.29, 0.717) is 12.6 Å². The van der Waals surface area contributed by atoms with E-state index in [-0.39, 0.29) is 0 Å². The topological polar surface area (TPSA) is 80.3 Å². The maximum Gasteiger partial charge on any atom is 0.211 e. The van der Waals surface area contributed by atoms with Gasteiger partial charge in [-0.1, -0.05) is 6.07 Å². The number of nitrogens with zero attached hydrogens (tertiary/aromatic N) is 9. The molecule has 0 radical (unpaired) electrons. The van der Waals surface area contributed by atoms with E-state index in [4.69, 9.17) is 9.97 Å². The molecule has 1 aliphatic carbocycles. The fourth-order valence-corrected chi connectivity index (χ4v) is 4.88. The molecule has 0 N–H and O–H groups in total. The number of imidazole rings is 1. The highest BCUT2D eigenvalue weighted by atomic mass is 15.4. The predicted molar refractivity (Wildman–Crippen MR) is 115 cm³/mol. The lowest BCUT2D eigenvalue weighted by Gasteiger charge is -2.31. The molecule has 0 fully saturated rings. The van der Waals surface area contributed by atoms with Crippen molar-refractivity contribution in [3.05, 3.63) is 65.9 Å². The Morgan fingerprint density at radius 1 is 1.16 bits per heavy atom. The van der Waals surface area contributed by atoms with Gasteiger partial charge in [-0.2, -0.15) is 0 Å². The number of pyridine rings is 1. The highest BCUT2D eigenvalue weighted by molar-refractivity contribution is 5.48. The van der Waals surface area contributed by atoms with Crippen molar-refractivity contribution in [2.24, 2.45) is 0 Å². The maximum absolute atomic E-state index is 4.89. The number of fused-ring (bicyclic) bond motifs is 3. The molecular formula is C22H25N9. The second-order valence-electron chi connectivity index (χ2n) is 8.44. The number of anilines is 1. The summed E-state index contributed by atoms with van der Waals surface area (Å²) in [5.74, 6) is 1.87. The standard InChI is InChI=1S/C22H25N9/c1-28(18-6-2-4-16-5-3-8-23-21(16)18)12-17-13-31-19(26-17)7-9-24-22(31)29-10-11-30-15-25-27-20(30)14-29/h3,5,7-9,13,15,18H,2,4,6,10-12,14H2,1H3/t18-/m0/s1. The van der Waals surface area contributed by atoms with Crippen LogP contribution in [0.2, 0.25) is 0 Å². The van der Waals surface area contributed by atoms with Crippen LogP contribution >= 0.6 is 0 Å². The quantitative estimate of drug-likeness (QED) is 0.506. The van der Waals surface area contributed by atoms with Gasteiger partial charge in [0.25, 0.3) is 0 Å². The third-order valence-corrected chi connectivity index (χ3v) is 6.44. The SMILES string of the molecule is CN(Cc1cn2c(N3CCn4cnnc4C3)nccc2n1)[C@H]1CCCc2cccnc21. The van der Waals surface area contributed by atoms with E-state index in [2.05, 4.69) is 53.3 Å². The Kier molecular flexibility index (Phi) is 4.41. The minimum atomic E-state index is 0.334. The van der Waals surface area contributed by atoms with Crippen LogP contribution < -0.4 is 4.90 Å². The minimum Gasteiger partial charge on any atom is -0.333 e. The van der Waals surface area contributed by atoms with Gasteiger partial charge >= 0.3 is 0 Å². The molecule has 158 valence electrons. The first kappa shape index (κ1) is 18.4. The van der Waals surface area contributed by atoms with E-state index in [9.17, 15) is 0 Å². The molecule has 0 bridgehead atoms. The first-order valence-electron chi connectivity index (χ1n) is 10.8. The Labute approximate surface area is 180 Å². The lowest BCUT2D eigenvalue weighted by atomic mass is 9.91. The summed E-state index contributed by atoms with van der Waals surface area (Å²) in [5.41, 5.74) is 4.56. The van der Waals surface area contributed by atoms with E-state index in [0.717, 1.165) is 55.6 Å². The van der Waals surface area contributed by atoms with Crippen molar-refractivity contribution >= 4 is 11.6 Å². The summed E-state index contributed by atoms with van der Waals surface area (Å²) in [5, 5.41) is 8.26. The molecule has 9 heteroatoms. The Morgan fingerprint density at radius 3 is 3.10 bits per heavy atom. The van der Waals surface area contributed by atoms with Crippen LogP contribution in [0.15, 0.2) is 43.1 Å². The van der Waals surface area contributed by atoms with Crippen LogP contribution in [-0.2, 0) is 26.1 Å². The molecule has 5 heterocycles. The van der Waals surface area contributed by atoms with Gasteiger partial charge in [-0.3, -0.25) is 14.3 Å². The van der Waals surface area contributed by atoms with E-state index in [1.165, 1.54) is 17.7 Å². The van der Waals surface area contributed by atoms with Crippen molar-refractivity contribution < 1.29 is 0 Å². The number of aryl methyl sites for hydroxylation is 1. The molecule has 1 atom stereocenters. The molecule has 6 rings (SSSR count). The van der Waals surface area contributed by atoms with Crippen molar-refractivity contribution in [1.29, 1.82) is 0 Å². The van der Waals surface area contributed by atoms with Crippen LogP contribution in [0.5, 0.6) is 0 Å². The van der Waals surface area contributed by atoms with Crippen LogP contribution in [0, 0.1) is 0 Å². The lowest BCUT2D eigenvalue weighted by molar-refractivity contribution is 0.206. The average molecular weight is 416 g/mol. The van der Waals surface area contributed by atoms with Crippen LogP contribution in [0.3, 0.4) is 0 Å². The lowest BCUT2D eigenvalue weighted by Crippen LogP contribution is -2.35. The molecule has 1 aliphatic heterocycles. The van der Waals surface area contributed by atoms with Crippen molar-refractivity contribution in [3.8, 4) is 0 Å². The number of aromatic nitrogens is 7. The molecule has 4 aromatic rings. The third kappa shape index (κ3) is 3.25. The van der Waals surface area contributed by atoms with Gasteiger partial charge in [0.15, 0.2) is 5.82 Å². The molecule has 0 unspecified atom stereocenters. The zero-order chi connectivity index (χ0) is 20.8. The monoisotopic (exact) mass is 415 g/mol. The first-order valence-corrected chi connectivity index (χ1v) is 10.8. The Balaban J connectivity index is 1.27. The Morgan fingerprint density at radius 2 is 2.13 bits per heavy atom. The minimum absolute atomic E-state index is 0.334. The second-order valence-corrected chi connectivity index (χ2v) is 8.44. The van der Waals surface area contributed by atoms with Crippen molar-refractivity contribution in [3.63, 3.8) is 0 Å². The van der Waals surface area contributed by atoms with E-state index in [1.807, 2.05) is 24.5 Å². The highest BCUT2D eigenvalue weighted by Crippen LogP contribution is 2.32. The molecule has 31 heavy (non-hydrogen) atoms. The van der Waals surface area contributed by atoms with Gasteiger partial charge in [-0.25, -0.2) is 9.97 Å². The zero-order valence-electron chi connectivity index (χ0n) is 17.6. The molecule has 4 aromatic heterocycles. The smallest absolute Gasteiger partial charge is 0.211 e. The molecule has 0 aromatic carbocycles. The van der Waals surface area contributed by atoms with Crippen LogP contribution in [0.25, 0.3) is 5.65 Å². The zero-order valence-corrected chi connectivity index (χ0v) is 17.6. The summed E-state index contributed by atoms with van der Waals surface area (Å²) in [6.07, 6.45) is 11.1. The van der Waals surface area contributed by atoms with Gasteiger partial charge in [0.2, 0.25) is 5.95 Å². The van der Waals surface area contributed by atoms with Gasteiger partial charge in [-0.05, 0) is 44.0 Å². The third-order valence-electron chi connectivity index (χ3n) is 6.44. The summed E-state index contributed by atoms with van der Waals surface area (Å²) >= 11 is 0. The van der Waals surface area contributed by atoms with E-state index >= 15 is 0 Å². The molecule has 0 saturated carbocycles. The summed E-state index contributed by atoms with van der Waals surface area (Å²) in [4.78, 5) is 18.9. The van der Waals surface area contributed by atoms with Crippen molar-refractivity contribution in [2.45, 2.75) is 44.9 Å². The second kappa shape index (κ2) is 7.42. The molecule has 2 aliphatic rings. The van der Waals surface area contributed by atoms with Crippen molar-refractivity contribution in [1.82, 2.24) is 39.0 Å².